The zero-order chi connectivity index (χ0) is 13.1. The Morgan fingerprint density at radius 3 is 2.56 bits per heavy atom. The van der Waals surface area contributed by atoms with E-state index in [0.29, 0.717) is 20.8 Å². The number of hydrogen-bond acceptors (Lipinski definition) is 2. The molecule has 0 fully saturated rings. The molecule has 1 heterocycles. The van der Waals surface area contributed by atoms with Crippen molar-refractivity contribution in [3.05, 3.63) is 51.2 Å². The fraction of sp³-hybridized carbons (Fsp3) is 0.0769. The lowest BCUT2D eigenvalue weighted by atomic mass is 10.1. The molecule has 0 atom stereocenters. The molecule has 0 amide bonds. The van der Waals surface area contributed by atoms with Crippen molar-refractivity contribution >= 4 is 34.8 Å². The maximum absolute atomic E-state index is 8.69. The first-order valence-corrected chi connectivity index (χ1v) is 6.22. The van der Waals surface area contributed by atoms with E-state index in [2.05, 4.69) is 11.1 Å². The number of benzene rings is 1. The first-order chi connectivity index (χ1) is 8.61. The van der Waals surface area contributed by atoms with Crippen LogP contribution in [0.1, 0.15) is 5.56 Å². The van der Waals surface area contributed by atoms with Gasteiger partial charge in [0.1, 0.15) is 5.15 Å². The second-order valence-corrected chi connectivity index (χ2v) is 4.84. The molecule has 2 rings (SSSR count). The van der Waals surface area contributed by atoms with E-state index in [0.717, 1.165) is 11.1 Å². The molecule has 18 heavy (non-hydrogen) atoms. The summed E-state index contributed by atoms with van der Waals surface area (Å²) in [6.45, 7) is 0. The molecule has 0 aliphatic heterocycles. The van der Waals surface area contributed by atoms with Crippen molar-refractivity contribution in [2.45, 2.75) is 6.42 Å². The zero-order valence-corrected chi connectivity index (χ0v) is 11.4. The Morgan fingerprint density at radius 2 is 1.89 bits per heavy atom. The van der Waals surface area contributed by atoms with E-state index in [1.807, 2.05) is 6.07 Å². The van der Waals surface area contributed by atoms with E-state index < -0.39 is 0 Å². The van der Waals surface area contributed by atoms with Gasteiger partial charge in [0.05, 0.1) is 12.5 Å². The van der Waals surface area contributed by atoms with Gasteiger partial charge in [-0.2, -0.15) is 5.26 Å². The number of pyridine rings is 1. The molecule has 0 radical (unpaired) electrons. The minimum atomic E-state index is 0.280. The fourth-order valence-electron chi connectivity index (χ4n) is 1.58. The summed E-state index contributed by atoms with van der Waals surface area (Å²) in [5.41, 5.74) is 2.24. The average Bonchev–Trinajstić information content (AvgIpc) is 2.33. The summed E-state index contributed by atoms with van der Waals surface area (Å²) in [6, 6.07) is 9.04. The van der Waals surface area contributed by atoms with Gasteiger partial charge in [-0.05, 0) is 23.8 Å². The quantitative estimate of drug-likeness (QED) is 0.748. The molecule has 1 aromatic heterocycles. The van der Waals surface area contributed by atoms with Crippen LogP contribution < -0.4 is 0 Å². The topological polar surface area (TPSA) is 36.7 Å². The lowest BCUT2D eigenvalue weighted by Gasteiger charge is -2.08. The van der Waals surface area contributed by atoms with Crippen LogP contribution in [-0.2, 0) is 6.42 Å². The van der Waals surface area contributed by atoms with Crippen LogP contribution >= 0.6 is 34.8 Å². The molecule has 90 valence electrons. The van der Waals surface area contributed by atoms with Crippen molar-refractivity contribution in [2.75, 3.05) is 0 Å². The van der Waals surface area contributed by atoms with Crippen LogP contribution in [0, 0.1) is 11.3 Å². The van der Waals surface area contributed by atoms with Crippen LogP contribution in [0.4, 0.5) is 0 Å². The van der Waals surface area contributed by atoms with Crippen molar-refractivity contribution < 1.29 is 0 Å². The number of hydrogen-bond donors (Lipinski definition) is 0. The van der Waals surface area contributed by atoms with E-state index in [-0.39, 0.29) is 6.42 Å². The summed E-state index contributed by atoms with van der Waals surface area (Å²) in [5, 5.41) is 10.1. The van der Waals surface area contributed by atoms with Crippen molar-refractivity contribution in [1.82, 2.24) is 4.98 Å². The fourth-order valence-corrected chi connectivity index (χ4v) is 2.29. The number of aromatic nitrogens is 1. The number of nitrogens with zero attached hydrogens (tertiary/aromatic N) is 2. The van der Waals surface area contributed by atoms with E-state index in [1.54, 1.807) is 24.4 Å². The Hall–Kier alpha value is -1.27. The molecule has 0 saturated carbocycles. The molecule has 0 bridgehead atoms. The van der Waals surface area contributed by atoms with Crippen LogP contribution in [0.15, 0.2) is 30.5 Å². The van der Waals surface area contributed by atoms with Crippen molar-refractivity contribution in [3.63, 3.8) is 0 Å². The van der Waals surface area contributed by atoms with Gasteiger partial charge in [-0.1, -0.05) is 40.9 Å². The number of rotatable bonds is 2. The lowest BCUT2D eigenvalue weighted by Crippen LogP contribution is -1.89. The third-order valence-electron chi connectivity index (χ3n) is 2.40. The Bertz CT molecular complexity index is 633. The van der Waals surface area contributed by atoms with Crippen LogP contribution in [-0.4, -0.2) is 4.98 Å². The second-order valence-electron chi connectivity index (χ2n) is 3.64. The molecular weight excluding hydrogens is 291 g/mol. The summed E-state index contributed by atoms with van der Waals surface area (Å²) >= 11 is 18.0. The Morgan fingerprint density at radius 1 is 1.11 bits per heavy atom. The zero-order valence-electron chi connectivity index (χ0n) is 9.12. The normalized spacial score (nSPS) is 10.1. The molecule has 0 saturated heterocycles. The van der Waals surface area contributed by atoms with Crippen molar-refractivity contribution in [1.29, 1.82) is 5.26 Å². The highest BCUT2D eigenvalue weighted by atomic mass is 35.5. The van der Waals surface area contributed by atoms with Gasteiger partial charge in [0.15, 0.2) is 0 Å². The summed E-state index contributed by atoms with van der Waals surface area (Å²) in [4.78, 5) is 4.06. The van der Waals surface area contributed by atoms with E-state index in [4.69, 9.17) is 40.1 Å². The maximum atomic E-state index is 8.69. The van der Waals surface area contributed by atoms with E-state index >= 15 is 0 Å². The van der Waals surface area contributed by atoms with Crippen molar-refractivity contribution in [3.8, 4) is 17.2 Å². The molecule has 1 aromatic carbocycles. The van der Waals surface area contributed by atoms with Gasteiger partial charge >= 0.3 is 0 Å². The predicted molar refractivity (Wildman–Crippen MR) is 74.0 cm³/mol. The smallest absolute Gasteiger partial charge is 0.136 e. The third kappa shape index (κ3) is 2.76. The van der Waals surface area contributed by atoms with Gasteiger partial charge in [0.2, 0.25) is 0 Å². The Balaban J connectivity index is 2.56. The van der Waals surface area contributed by atoms with Gasteiger partial charge in [-0.3, -0.25) is 0 Å². The van der Waals surface area contributed by atoms with E-state index in [9.17, 15) is 0 Å². The minimum absolute atomic E-state index is 0.280. The monoisotopic (exact) mass is 296 g/mol. The highest BCUT2D eigenvalue weighted by Crippen LogP contribution is 2.34. The molecule has 2 nitrogen and oxygen atoms in total. The first kappa shape index (κ1) is 13.2. The summed E-state index contributed by atoms with van der Waals surface area (Å²) in [6.07, 6.45) is 1.86. The predicted octanol–water partition coefficient (Wildman–Crippen LogP) is 4.77. The van der Waals surface area contributed by atoms with Gasteiger partial charge in [-0.25, -0.2) is 4.98 Å². The Labute approximate surface area is 120 Å². The Kier molecular flexibility index (Phi) is 4.08. The largest absolute Gasteiger partial charge is 0.244 e. The molecule has 0 aliphatic rings. The van der Waals surface area contributed by atoms with Crippen LogP contribution in [0.25, 0.3) is 11.1 Å². The van der Waals surface area contributed by atoms with Crippen LogP contribution in [0.5, 0.6) is 0 Å². The average molecular weight is 298 g/mol. The van der Waals surface area contributed by atoms with Gasteiger partial charge in [-0.15, -0.1) is 0 Å². The SMILES string of the molecule is N#CCc1cnc(Cl)c(-c2ccc(Cl)cc2Cl)c1. The molecule has 5 heteroatoms. The molecular formula is C13H7Cl3N2. The summed E-state index contributed by atoms with van der Waals surface area (Å²) < 4.78 is 0. The van der Waals surface area contributed by atoms with Gasteiger partial charge < -0.3 is 0 Å². The maximum Gasteiger partial charge on any atom is 0.136 e. The van der Waals surface area contributed by atoms with Crippen LogP contribution in [0.2, 0.25) is 15.2 Å². The molecule has 0 N–H and O–H groups in total. The number of nitriles is 1. The summed E-state index contributed by atoms with van der Waals surface area (Å²) in [7, 11) is 0. The van der Waals surface area contributed by atoms with Gasteiger partial charge in [0, 0.05) is 27.4 Å². The molecule has 2 aromatic rings. The highest BCUT2D eigenvalue weighted by molar-refractivity contribution is 6.37. The number of halogens is 3. The first-order valence-electron chi connectivity index (χ1n) is 5.08. The summed E-state index contributed by atoms with van der Waals surface area (Å²) in [5.74, 6) is 0. The second kappa shape index (κ2) is 5.58. The highest BCUT2D eigenvalue weighted by Gasteiger charge is 2.10. The molecule has 0 aliphatic carbocycles. The standard InChI is InChI=1S/C13H7Cl3N2/c14-9-1-2-10(12(15)6-9)11-5-8(3-4-17)7-18-13(11)16/h1-2,5-7H,3H2. The third-order valence-corrected chi connectivity index (χ3v) is 3.25. The lowest BCUT2D eigenvalue weighted by molar-refractivity contribution is 1.19. The minimum Gasteiger partial charge on any atom is -0.244 e. The molecule has 0 unspecified atom stereocenters. The van der Waals surface area contributed by atoms with Crippen LogP contribution in [0.3, 0.4) is 0 Å². The van der Waals surface area contributed by atoms with E-state index in [1.165, 1.54) is 0 Å². The van der Waals surface area contributed by atoms with Gasteiger partial charge in [0.25, 0.3) is 0 Å². The molecule has 0 spiro atoms. The van der Waals surface area contributed by atoms with Crippen molar-refractivity contribution in [2.24, 2.45) is 0 Å².